The topological polar surface area (TPSA) is 57.7 Å². The molecule has 1 heterocycles. The Morgan fingerprint density at radius 1 is 1.14 bits per heavy atom. The van der Waals surface area contributed by atoms with Crippen molar-refractivity contribution in [2.24, 2.45) is 11.3 Å². The number of carbonyl (C=O) groups excluding carboxylic acids is 1. The Morgan fingerprint density at radius 3 is 2.24 bits per heavy atom. The van der Waals surface area contributed by atoms with Crippen molar-refractivity contribution in [3.05, 3.63) is 30.1 Å². The summed E-state index contributed by atoms with van der Waals surface area (Å²) in [6.45, 7) is 3.69. The molecular weight excluding hydrogens is 412 g/mol. The Morgan fingerprint density at radius 2 is 1.72 bits per heavy atom. The molecule has 0 bridgehead atoms. The standard InChI is InChI=1S/C19H26F4N2O3S/c1-18(2,3)12-24(13-19(21,22)23)17(26)14-5-4-10-25(11-14)29(27,28)16-8-6-15(20)7-9-16/h6-9,14H,4-5,10-13H2,1-3H3. The first-order valence-corrected chi connectivity index (χ1v) is 10.7. The van der Waals surface area contributed by atoms with Crippen molar-refractivity contribution in [3.63, 3.8) is 0 Å². The van der Waals surface area contributed by atoms with Gasteiger partial charge in [0, 0.05) is 19.6 Å². The second kappa shape index (κ2) is 8.59. The van der Waals surface area contributed by atoms with Crippen molar-refractivity contribution in [2.75, 3.05) is 26.2 Å². The summed E-state index contributed by atoms with van der Waals surface area (Å²) < 4.78 is 78.8. The van der Waals surface area contributed by atoms with Crippen LogP contribution in [0.5, 0.6) is 0 Å². The van der Waals surface area contributed by atoms with E-state index < -0.39 is 45.8 Å². The average Bonchev–Trinajstić information content (AvgIpc) is 2.58. The Balaban J connectivity index is 2.21. The minimum absolute atomic E-state index is 0.0907. The molecule has 0 spiro atoms. The van der Waals surface area contributed by atoms with Gasteiger partial charge in [-0.25, -0.2) is 12.8 Å². The van der Waals surface area contributed by atoms with Crippen LogP contribution in [0, 0.1) is 17.2 Å². The molecule has 1 amide bonds. The van der Waals surface area contributed by atoms with Crippen LogP contribution in [-0.4, -0.2) is 55.9 Å². The summed E-state index contributed by atoms with van der Waals surface area (Å²) in [6, 6.07) is 4.30. The van der Waals surface area contributed by atoms with Gasteiger partial charge in [-0.15, -0.1) is 0 Å². The molecule has 0 saturated carbocycles. The van der Waals surface area contributed by atoms with E-state index in [4.69, 9.17) is 0 Å². The van der Waals surface area contributed by atoms with Crippen LogP contribution in [0.1, 0.15) is 33.6 Å². The highest BCUT2D eigenvalue weighted by atomic mass is 32.2. The monoisotopic (exact) mass is 438 g/mol. The molecule has 1 atom stereocenters. The van der Waals surface area contributed by atoms with Crippen molar-refractivity contribution < 1.29 is 30.8 Å². The van der Waals surface area contributed by atoms with Crippen LogP contribution in [0.4, 0.5) is 17.6 Å². The van der Waals surface area contributed by atoms with E-state index in [0.29, 0.717) is 12.8 Å². The zero-order chi connectivity index (χ0) is 22.0. The van der Waals surface area contributed by atoms with E-state index in [2.05, 4.69) is 0 Å². The molecule has 29 heavy (non-hydrogen) atoms. The lowest BCUT2D eigenvalue weighted by atomic mass is 9.93. The molecule has 1 saturated heterocycles. The number of amides is 1. The molecule has 0 aliphatic carbocycles. The Hall–Kier alpha value is -1.68. The van der Waals surface area contributed by atoms with E-state index in [-0.39, 0.29) is 24.5 Å². The number of piperidine rings is 1. The first-order valence-electron chi connectivity index (χ1n) is 9.30. The zero-order valence-corrected chi connectivity index (χ0v) is 17.5. The van der Waals surface area contributed by atoms with E-state index >= 15 is 0 Å². The summed E-state index contributed by atoms with van der Waals surface area (Å²) in [7, 11) is -3.97. The van der Waals surface area contributed by atoms with E-state index in [0.717, 1.165) is 33.5 Å². The van der Waals surface area contributed by atoms with Gasteiger partial charge in [-0.2, -0.15) is 17.5 Å². The highest BCUT2D eigenvalue weighted by Crippen LogP contribution is 2.28. The summed E-state index contributed by atoms with van der Waals surface area (Å²) in [6.07, 6.45) is -3.88. The molecule has 2 rings (SSSR count). The van der Waals surface area contributed by atoms with Gasteiger partial charge in [0.2, 0.25) is 15.9 Å². The number of carbonyl (C=O) groups is 1. The van der Waals surface area contributed by atoms with Crippen molar-refractivity contribution in [1.29, 1.82) is 0 Å². The van der Waals surface area contributed by atoms with Gasteiger partial charge >= 0.3 is 6.18 Å². The third kappa shape index (κ3) is 6.67. The summed E-state index contributed by atoms with van der Waals surface area (Å²) in [5.74, 6) is -2.14. The second-order valence-corrected chi connectivity index (χ2v) is 10.5. The second-order valence-electron chi connectivity index (χ2n) is 8.53. The molecule has 1 aromatic rings. The average molecular weight is 438 g/mol. The number of rotatable bonds is 5. The van der Waals surface area contributed by atoms with Crippen LogP contribution in [-0.2, 0) is 14.8 Å². The van der Waals surface area contributed by atoms with Gasteiger partial charge in [0.05, 0.1) is 10.8 Å². The fourth-order valence-corrected chi connectivity index (χ4v) is 4.90. The van der Waals surface area contributed by atoms with Gasteiger partial charge in [-0.3, -0.25) is 4.79 Å². The van der Waals surface area contributed by atoms with Gasteiger partial charge in [-0.1, -0.05) is 20.8 Å². The van der Waals surface area contributed by atoms with Crippen molar-refractivity contribution >= 4 is 15.9 Å². The third-order valence-corrected chi connectivity index (χ3v) is 6.41. The lowest BCUT2D eigenvalue weighted by Gasteiger charge is -2.37. The molecule has 1 aliphatic heterocycles. The number of benzene rings is 1. The molecule has 164 valence electrons. The predicted molar refractivity (Wildman–Crippen MR) is 100.0 cm³/mol. The maximum absolute atomic E-state index is 13.1. The van der Waals surface area contributed by atoms with Crippen LogP contribution < -0.4 is 0 Å². The van der Waals surface area contributed by atoms with Gasteiger partial charge in [0.1, 0.15) is 12.4 Å². The number of sulfonamides is 1. The molecule has 0 N–H and O–H groups in total. The molecule has 0 aromatic heterocycles. The lowest BCUT2D eigenvalue weighted by Crippen LogP contribution is -2.50. The van der Waals surface area contributed by atoms with Gasteiger partial charge in [0.25, 0.3) is 0 Å². The smallest absolute Gasteiger partial charge is 0.333 e. The van der Waals surface area contributed by atoms with Crippen LogP contribution in [0.3, 0.4) is 0 Å². The first-order chi connectivity index (χ1) is 13.2. The number of nitrogens with zero attached hydrogens (tertiary/aromatic N) is 2. The zero-order valence-electron chi connectivity index (χ0n) is 16.7. The molecule has 1 aromatic carbocycles. The summed E-state index contributed by atoms with van der Waals surface area (Å²) in [5.41, 5.74) is -0.546. The molecular formula is C19H26F4N2O3S. The summed E-state index contributed by atoms with van der Waals surface area (Å²) in [4.78, 5) is 13.5. The van der Waals surface area contributed by atoms with E-state index in [1.807, 2.05) is 0 Å². The number of halogens is 4. The number of alkyl halides is 3. The Bertz CT molecular complexity index is 801. The van der Waals surface area contributed by atoms with E-state index in [9.17, 15) is 30.8 Å². The van der Waals surface area contributed by atoms with Crippen LogP contribution in [0.25, 0.3) is 0 Å². The van der Waals surface area contributed by atoms with Gasteiger partial charge in [0.15, 0.2) is 0 Å². The molecule has 1 aliphatic rings. The fourth-order valence-electron chi connectivity index (χ4n) is 3.38. The number of hydrogen-bond donors (Lipinski definition) is 0. The first kappa shape index (κ1) is 23.6. The summed E-state index contributed by atoms with van der Waals surface area (Å²) in [5, 5.41) is 0. The minimum Gasteiger partial charge on any atom is -0.333 e. The molecule has 5 nitrogen and oxygen atoms in total. The molecule has 1 unspecified atom stereocenters. The quantitative estimate of drug-likeness (QED) is 0.660. The highest BCUT2D eigenvalue weighted by molar-refractivity contribution is 7.89. The largest absolute Gasteiger partial charge is 0.406 e. The van der Waals surface area contributed by atoms with E-state index in [1.54, 1.807) is 20.8 Å². The SMILES string of the molecule is CC(C)(C)CN(CC(F)(F)F)C(=O)C1CCCN(S(=O)(=O)c2ccc(F)cc2)C1. The lowest BCUT2D eigenvalue weighted by molar-refractivity contribution is -0.166. The van der Waals surface area contributed by atoms with Crippen LogP contribution in [0.2, 0.25) is 0 Å². The molecule has 1 fully saturated rings. The van der Waals surface area contributed by atoms with Crippen molar-refractivity contribution in [1.82, 2.24) is 9.21 Å². The molecule has 10 heteroatoms. The normalized spacial score (nSPS) is 19.2. The van der Waals surface area contributed by atoms with Gasteiger partial charge < -0.3 is 4.90 Å². The maximum atomic E-state index is 13.1. The summed E-state index contributed by atoms with van der Waals surface area (Å²) >= 11 is 0. The Kier molecular flexibility index (Phi) is 6.99. The third-order valence-electron chi connectivity index (χ3n) is 4.53. The van der Waals surface area contributed by atoms with E-state index in [1.165, 1.54) is 0 Å². The Labute approximate surface area is 168 Å². The van der Waals surface area contributed by atoms with Crippen molar-refractivity contribution in [2.45, 2.75) is 44.7 Å². The number of hydrogen-bond acceptors (Lipinski definition) is 3. The van der Waals surface area contributed by atoms with Crippen LogP contribution >= 0.6 is 0 Å². The highest BCUT2D eigenvalue weighted by Gasteiger charge is 2.40. The van der Waals surface area contributed by atoms with Gasteiger partial charge in [-0.05, 0) is 42.5 Å². The fraction of sp³-hybridized carbons (Fsp3) is 0.632. The predicted octanol–water partition coefficient (Wildman–Crippen LogP) is 3.66. The van der Waals surface area contributed by atoms with Crippen LogP contribution in [0.15, 0.2) is 29.2 Å². The molecule has 0 radical (unpaired) electrons. The van der Waals surface area contributed by atoms with Crippen molar-refractivity contribution in [3.8, 4) is 0 Å². The maximum Gasteiger partial charge on any atom is 0.406 e. The minimum atomic E-state index is -4.55.